The smallest absolute Gasteiger partial charge is 0.148 e. The van der Waals surface area contributed by atoms with E-state index in [-0.39, 0.29) is 41.1 Å². The minimum Gasteiger partial charge on any atom is -0.337 e. The van der Waals surface area contributed by atoms with Crippen LogP contribution < -0.4 is 0 Å². The van der Waals surface area contributed by atoms with Crippen LogP contribution in [0.15, 0.2) is 127 Å². The molecule has 1 aromatic carbocycles. The Hall–Kier alpha value is -5.57. The Labute approximate surface area is 389 Å². The van der Waals surface area contributed by atoms with Crippen LogP contribution >= 0.6 is 11.3 Å². The molecule has 9 aromatic rings. The number of H-pyrrole nitrogens is 1. The number of benzene rings is 1. The second-order valence-corrected chi connectivity index (χ2v) is 20.8. The summed E-state index contributed by atoms with van der Waals surface area (Å²) in [5.41, 5.74) is 13.2. The molecule has 0 unspecified atom stereocenters. The van der Waals surface area contributed by atoms with Crippen molar-refractivity contribution in [1.82, 2.24) is 39.9 Å². The Morgan fingerprint density at radius 1 is 0.413 bits per heavy atom. The summed E-state index contributed by atoms with van der Waals surface area (Å²) < 4.78 is 0. The monoisotopic (exact) mass is 940 g/mol. The molecule has 8 nitrogen and oxygen atoms in total. The standard InChI is InChI=1S/2C18H24N2.C17H10N4S.Ru/c2*1-17(2,3)13-7-9-19-15(11-13)16-12-14(8-10-20-16)18(4,5)6;1-4-10-13(18-7-1)14-11(5-2-8-19-14)16-15(10)20-17(21-16)12-6-3-9-22-12;/h2*7-12H,1-6H3;1-9H,(H,20,21);. The fourth-order valence-electron chi connectivity index (χ4n) is 7.02. The van der Waals surface area contributed by atoms with Crippen LogP contribution in [0.4, 0.5) is 0 Å². The van der Waals surface area contributed by atoms with Crippen molar-refractivity contribution in [2.24, 2.45) is 0 Å². The fraction of sp³-hybridized carbons (Fsp3) is 0.302. The predicted octanol–water partition coefficient (Wildman–Crippen LogP) is 13.9. The van der Waals surface area contributed by atoms with Crippen molar-refractivity contribution in [2.45, 2.75) is 105 Å². The number of hydrogen-bond acceptors (Lipinski definition) is 8. The zero-order chi connectivity index (χ0) is 44.5. The first-order chi connectivity index (χ1) is 29.3. The number of aromatic amines is 1. The van der Waals surface area contributed by atoms with E-state index in [0.717, 1.165) is 66.3 Å². The molecule has 0 aliphatic carbocycles. The normalized spacial score (nSPS) is 12.0. The second kappa shape index (κ2) is 18.6. The van der Waals surface area contributed by atoms with E-state index in [9.17, 15) is 0 Å². The van der Waals surface area contributed by atoms with Crippen LogP contribution in [0.2, 0.25) is 0 Å². The van der Waals surface area contributed by atoms with Gasteiger partial charge in [-0.05, 0) is 128 Å². The van der Waals surface area contributed by atoms with E-state index >= 15 is 0 Å². The summed E-state index contributed by atoms with van der Waals surface area (Å²) in [6, 6.07) is 29.0. The van der Waals surface area contributed by atoms with Gasteiger partial charge in [-0.15, -0.1) is 11.3 Å². The molecule has 0 spiro atoms. The molecule has 0 aliphatic heterocycles. The van der Waals surface area contributed by atoms with Crippen molar-refractivity contribution in [1.29, 1.82) is 0 Å². The van der Waals surface area contributed by atoms with Crippen LogP contribution in [-0.4, -0.2) is 39.9 Å². The zero-order valence-corrected chi connectivity index (χ0v) is 41.1. The number of pyridine rings is 6. The predicted molar refractivity (Wildman–Crippen MR) is 260 cm³/mol. The van der Waals surface area contributed by atoms with E-state index in [1.54, 1.807) is 23.7 Å². The van der Waals surface area contributed by atoms with E-state index in [2.05, 4.69) is 190 Å². The van der Waals surface area contributed by atoms with Crippen LogP contribution in [-0.2, 0) is 41.1 Å². The summed E-state index contributed by atoms with van der Waals surface area (Å²) >= 11 is 1.68. The maximum absolute atomic E-state index is 4.82. The molecule has 0 saturated carbocycles. The van der Waals surface area contributed by atoms with E-state index in [0.29, 0.717) is 0 Å². The number of nitrogens with one attached hydrogen (secondary N) is 1. The largest absolute Gasteiger partial charge is 0.337 e. The Morgan fingerprint density at radius 2 is 0.794 bits per heavy atom. The summed E-state index contributed by atoms with van der Waals surface area (Å²) in [5.74, 6) is 0.895. The van der Waals surface area contributed by atoms with E-state index in [4.69, 9.17) is 4.98 Å². The summed E-state index contributed by atoms with van der Waals surface area (Å²) in [5, 5.41) is 4.14. The van der Waals surface area contributed by atoms with Crippen molar-refractivity contribution in [3.8, 4) is 33.5 Å². The number of imidazole rings is 1. The van der Waals surface area contributed by atoms with Crippen LogP contribution in [0.1, 0.15) is 105 Å². The van der Waals surface area contributed by atoms with Gasteiger partial charge in [-0.1, -0.05) is 89.2 Å². The molecular weight excluding hydrogens is 882 g/mol. The molecule has 0 aliphatic rings. The van der Waals surface area contributed by atoms with E-state index < -0.39 is 0 Å². The molecule has 10 heteroatoms. The number of thiophene rings is 1. The third kappa shape index (κ3) is 11.0. The van der Waals surface area contributed by atoms with Gasteiger partial charge in [-0.2, -0.15) is 0 Å². The first-order valence-electron chi connectivity index (χ1n) is 21.2. The molecule has 0 saturated heterocycles. The summed E-state index contributed by atoms with van der Waals surface area (Å²) in [6.45, 7) is 26.6. The average molecular weight is 940 g/mol. The van der Waals surface area contributed by atoms with Crippen molar-refractivity contribution in [2.75, 3.05) is 0 Å². The van der Waals surface area contributed by atoms with Crippen LogP contribution in [0.25, 0.3) is 66.3 Å². The van der Waals surface area contributed by atoms with Crippen LogP contribution in [0.3, 0.4) is 0 Å². The first-order valence-corrected chi connectivity index (χ1v) is 22.1. The maximum Gasteiger partial charge on any atom is 0.148 e. The number of aromatic nitrogens is 8. The van der Waals surface area contributed by atoms with Gasteiger partial charge in [0.15, 0.2) is 0 Å². The molecule has 8 aromatic heterocycles. The number of fused-ring (bicyclic) bond motifs is 6. The molecule has 9 rings (SSSR count). The van der Waals surface area contributed by atoms with Gasteiger partial charge in [-0.25, -0.2) is 4.98 Å². The van der Waals surface area contributed by atoms with Gasteiger partial charge in [0.2, 0.25) is 0 Å². The number of rotatable bonds is 3. The average Bonchev–Trinajstić information content (AvgIpc) is 3.95. The topological polar surface area (TPSA) is 106 Å². The van der Waals surface area contributed by atoms with E-state index in [1.165, 1.54) is 22.3 Å². The van der Waals surface area contributed by atoms with Crippen molar-refractivity contribution in [3.05, 3.63) is 150 Å². The van der Waals surface area contributed by atoms with Gasteiger partial charge in [0.1, 0.15) is 5.82 Å². The minimum atomic E-state index is 0. The Balaban J connectivity index is 0.000000156. The van der Waals surface area contributed by atoms with Gasteiger partial charge in [0.05, 0.1) is 49.7 Å². The summed E-state index contributed by atoms with van der Waals surface area (Å²) in [4.78, 5) is 36.4. The number of hydrogen-bond donors (Lipinski definition) is 1. The zero-order valence-electron chi connectivity index (χ0n) is 38.5. The second-order valence-electron chi connectivity index (χ2n) is 19.8. The van der Waals surface area contributed by atoms with Gasteiger partial charge in [-0.3, -0.25) is 29.9 Å². The molecule has 8 heterocycles. The Morgan fingerprint density at radius 3 is 1.16 bits per heavy atom. The first kappa shape index (κ1) is 46.9. The molecule has 0 radical (unpaired) electrons. The van der Waals surface area contributed by atoms with Crippen LogP contribution in [0.5, 0.6) is 0 Å². The molecule has 324 valence electrons. The molecule has 0 fully saturated rings. The Kier molecular flexibility index (Phi) is 13.9. The van der Waals surface area contributed by atoms with Crippen molar-refractivity contribution in [3.63, 3.8) is 0 Å². The molecule has 1 N–H and O–H groups in total. The van der Waals surface area contributed by atoms with Crippen molar-refractivity contribution >= 4 is 44.2 Å². The molecule has 0 amide bonds. The molecule has 0 atom stereocenters. The van der Waals surface area contributed by atoms with Gasteiger partial charge in [0, 0.05) is 67.4 Å². The molecule has 0 bridgehead atoms. The molecular formula is C53H58N8RuS. The van der Waals surface area contributed by atoms with Gasteiger partial charge < -0.3 is 4.98 Å². The summed E-state index contributed by atoms with van der Waals surface area (Å²) in [7, 11) is 0. The fourth-order valence-corrected chi connectivity index (χ4v) is 7.69. The maximum atomic E-state index is 4.82. The number of nitrogens with zero attached hydrogens (tertiary/aromatic N) is 7. The SMILES string of the molecule is CC(C)(C)c1ccnc(-c2cc(C(C)(C)C)ccn2)c1.CC(C)(C)c1ccnc(-c2cc(C(C)(C)C)ccn2)c1.[Ru].c1csc(-c2nc3c4cccnc4c4ncccc4c3[nH]2)c1. The van der Waals surface area contributed by atoms with Crippen LogP contribution in [0, 0.1) is 0 Å². The summed E-state index contributed by atoms with van der Waals surface area (Å²) in [6.07, 6.45) is 11.1. The third-order valence-corrected chi connectivity index (χ3v) is 11.7. The quantitative estimate of drug-likeness (QED) is 0.139. The van der Waals surface area contributed by atoms with Gasteiger partial charge in [0.25, 0.3) is 0 Å². The van der Waals surface area contributed by atoms with E-state index in [1.807, 2.05) is 43.0 Å². The van der Waals surface area contributed by atoms with Gasteiger partial charge >= 0.3 is 0 Å². The minimum absolute atomic E-state index is 0. The molecule has 63 heavy (non-hydrogen) atoms. The third-order valence-electron chi connectivity index (χ3n) is 10.9. The van der Waals surface area contributed by atoms with Crippen molar-refractivity contribution < 1.29 is 19.5 Å². The Bertz CT molecular complexity index is 2670.